The van der Waals surface area contributed by atoms with Gasteiger partial charge >= 0.3 is 5.97 Å². The minimum atomic E-state index is -0.783. The molecule has 2 aliphatic rings. The molecule has 0 aliphatic heterocycles. The predicted octanol–water partition coefficient (Wildman–Crippen LogP) is 2.84. The molecule has 3 unspecified atom stereocenters. The van der Waals surface area contributed by atoms with Crippen molar-refractivity contribution in [1.82, 2.24) is 5.32 Å². The van der Waals surface area contributed by atoms with Gasteiger partial charge in [-0.25, -0.2) is 0 Å². The third-order valence-corrected chi connectivity index (χ3v) is 4.85. The molecule has 0 spiro atoms. The summed E-state index contributed by atoms with van der Waals surface area (Å²) in [6, 6.07) is 8.90. The second kappa shape index (κ2) is 5.33. The van der Waals surface area contributed by atoms with Gasteiger partial charge in [0.1, 0.15) is 6.04 Å². The topological polar surface area (TPSA) is 49.3 Å². The Hall–Kier alpha value is -1.35. The summed E-state index contributed by atoms with van der Waals surface area (Å²) >= 11 is 0. The summed E-state index contributed by atoms with van der Waals surface area (Å²) in [7, 11) is 0. The molecular formula is C16H21NO2. The fourth-order valence-corrected chi connectivity index (χ4v) is 3.89. The summed E-state index contributed by atoms with van der Waals surface area (Å²) < 4.78 is 0. The third-order valence-electron chi connectivity index (χ3n) is 4.85. The second-order valence-electron chi connectivity index (χ2n) is 6.03. The minimum Gasteiger partial charge on any atom is -0.480 e. The first-order chi connectivity index (χ1) is 9.24. The van der Waals surface area contributed by atoms with Crippen LogP contribution in [0.25, 0.3) is 0 Å². The number of benzene rings is 1. The van der Waals surface area contributed by atoms with Gasteiger partial charge < -0.3 is 10.4 Å². The van der Waals surface area contributed by atoms with Crippen LogP contribution in [0, 0.1) is 17.8 Å². The van der Waals surface area contributed by atoms with Gasteiger partial charge in [0.25, 0.3) is 0 Å². The van der Waals surface area contributed by atoms with E-state index in [1.54, 1.807) is 0 Å². The number of nitrogens with one attached hydrogen (secondary N) is 1. The molecule has 2 bridgehead atoms. The summed E-state index contributed by atoms with van der Waals surface area (Å²) in [5.74, 6) is 1.65. The van der Waals surface area contributed by atoms with Crippen LogP contribution in [0.1, 0.15) is 37.3 Å². The standard InChI is InChI=1S/C16H21NO2/c18-16(19)15(12-4-2-1-3-5-12)17-10-14-9-11-6-7-13(14)8-11/h1-5,11,13-15,17H,6-10H2,(H,18,19)/t11?,13?,14?,15-/m1/s1. The van der Waals surface area contributed by atoms with E-state index in [2.05, 4.69) is 5.32 Å². The molecule has 0 radical (unpaired) electrons. The van der Waals surface area contributed by atoms with E-state index in [0.29, 0.717) is 5.92 Å². The SMILES string of the molecule is O=C(O)[C@H](NCC1CC2CCC1C2)c1ccccc1. The monoisotopic (exact) mass is 259 g/mol. The van der Waals surface area contributed by atoms with Gasteiger partial charge in [0.15, 0.2) is 0 Å². The lowest BCUT2D eigenvalue weighted by Gasteiger charge is -2.24. The van der Waals surface area contributed by atoms with Crippen LogP contribution in [0.15, 0.2) is 30.3 Å². The highest BCUT2D eigenvalue weighted by atomic mass is 16.4. The van der Waals surface area contributed by atoms with Gasteiger partial charge in [-0.15, -0.1) is 0 Å². The number of fused-ring (bicyclic) bond motifs is 2. The Balaban J connectivity index is 1.61. The summed E-state index contributed by atoms with van der Waals surface area (Å²) in [4.78, 5) is 11.4. The normalized spacial score (nSPS) is 30.4. The highest BCUT2D eigenvalue weighted by Gasteiger charge is 2.39. The van der Waals surface area contributed by atoms with Crippen LogP contribution in [-0.4, -0.2) is 17.6 Å². The zero-order chi connectivity index (χ0) is 13.2. The molecule has 1 aromatic rings. The van der Waals surface area contributed by atoms with Gasteiger partial charge in [-0.2, -0.15) is 0 Å². The van der Waals surface area contributed by atoms with Crippen LogP contribution in [0.4, 0.5) is 0 Å². The number of carboxylic acid groups (broad SMARTS) is 1. The molecular weight excluding hydrogens is 238 g/mol. The largest absolute Gasteiger partial charge is 0.480 e. The molecule has 2 N–H and O–H groups in total. The van der Waals surface area contributed by atoms with Crippen LogP contribution in [0.3, 0.4) is 0 Å². The van der Waals surface area contributed by atoms with Crippen molar-refractivity contribution >= 4 is 5.97 Å². The number of aliphatic carboxylic acids is 1. The Labute approximate surface area is 114 Å². The van der Waals surface area contributed by atoms with E-state index in [4.69, 9.17) is 0 Å². The smallest absolute Gasteiger partial charge is 0.325 e. The summed E-state index contributed by atoms with van der Waals surface area (Å²) in [5.41, 5.74) is 0.846. The second-order valence-corrected chi connectivity index (χ2v) is 6.03. The molecule has 3 rings (SSSR count). The van der Waals surface area contributed by atoms with Gasteiger partial charge in [0, 0.05) is 0 Å². The van der Waals surface area contributed by atoms with E-state index in [0.717, 1.165) is 23.9 Å². The Morgan fingerprint density at radius 3 is 2.63 bits per heavy atom. The molecule has 2 fully saturated rings. The third kappa shape index (κ3) is 2.66. The molecule has 2 saturated carbocycles. The van der Waals surface area contributed by atoms with E-state index in [-0.39, 0.29) is 0 Å². The Morgan fingerprint density at radius 1 is 1.26 bits per heavy atom. The van der Waals surface area contributed by atoms with Crippen LogP contribution in [-0.2, 0) is 4.79 Å². The van der Waals surface area contributed by atoms with Crippen molar-refractivity contribution in [3.63, 3.8) is 0 Å². The van der Waals surface area contributed by atoms with Gasteiger partial charge in [-0.1, -0.05) is 36.8 Å². The molecule has 3 heteroatoms. The number of carbonyl (C=O) groups is 1. The van der Waals surface area contributed by atoms with Crippen molar-refractivity contribution < 1.29 is 9.90 Å². The van der Waals surface area contributed by atoms with E-state index >= 15 is 0 Å². The molecule has 1 aromatic carbocycles. The minimum absolute atomic E-state index is 0.569. The maximum atomic E-state index is 11.4. The van der Waals surface area contributed by atoms with Gasteiger partial charge in [0.05, 0.1) is 0 Å². The first-order valence-corrected chi connectivity index (χ1v) is 7.25. The molecule has 0 heterocycles. The summed E-state index contributed by atoms with van der Waals surface area (Å²) in [6.45, 7) is 0.840. The first-order valence-electron chi connectivity index (χ1n) is 7.25. The molecule has 4 atom stereocenters. The quantitative estimate of drug-likeness (QED) is 0.855. The maximum Gasteiger partial charge on any atom is 0.325 e. The average Bonchev–Trinajstić information content (AvgIpc) is 3.02. The van der Waals surface area contributed by atoms with Gasteiger partial charge in [-0.3, -0.25) is 4.79 Å². The van der Waals surface area contributed by atoms with Crippen molar-refractivity contribution in [3.05, 3.63) is 35.9 Å². The fourth-order valence-electron chi connectivity index (χ4n) is 3.89. The number of hydrogen-bond acceptors (Lipinski definition) is 2. The Morgan fingerprint density at radius 2 is 2.05 bits per heavy atom. The fraction of sp³-hybridized carbons (Fsp3) is 0.562. The maximum absolute atomic E-state index is 11.4. The predicted molar refractivity (Wildman–Crippen MR) is 73.8 cm³/mol. The Kier molecular flexibility index (Phi) is 3.56. The number of carboxylic acids is 1. The summed E-state index contributed by atoms with van der Waals surface area (Å²) in [5, 5.41) is 12.6. The van der Waals surface area contributed by atoms with Crippen LogP contribution in [0.5, 0.6) is 0 Å². The number of hydrogen-bond donors (Lipinski definition) is 2. The van der Waals surface area contributed by atoms with Gasteiger partial charge in [0.2, 0.25) is 0 Å². The van der Waals surface area contributed by atoms with Crippen LogP contribution < -0.4 is 5.32 Å². The lowest BCUT2D eigenvalue weighted by molar-refractivity contribution is -0.139. The average molecular weight is 259 g/mol. The number of rotatable bonds is 5. The lowest BCUT2D eigenvalue weighted by atomic mass is 9.88. The highest BCUT2D eigenvalue weighted by Crippen LogP contribution is 2.48. The Bertz CT molecular complexity index is 445. The zero-order valence-corrected chi connectivity index (χ0v) is 11.1. The molecule has 2 aliphatic carbocycles. The highest BCUT2D eigenvalue weighted by molar-refractivity contribution is 5.75. The molecule has 3 nitrogen and oxygen atoms in total. The van der Waals surface area contributed by atoms with Crippen LogP contribution in [0.2, 0.25) is 0 Å². The van der Waals surface area contributed by atoms with Crippen LogP contribution >= 0.6 is 0 Å². The molecule has 102 valence electrons. The molecule has 0 saturated heterocycles. The first kappa shape index (κ1) is 12.7. The molecule has 0 aromatic heterocycles. The van der Waals surface area contributed by atoms with Gasteiger partial charge in [-0.05, 0) is 49.1 Å². The van der Waals surface area contributed by atoms with Crippen molar-refractivity contribution in [2.75, 3.05) is 6.54 Å². The summed E-state index contributed by atoms with van der Waals surface area (Å²) in [6.07, 6.45) is 5.40. The zero-order valence-electron chi connectivity index (χ0n) is 11.1. The van der Waals surface area contributed by atoms with E-state index in [1.165, 1.54) is 25.7 Å². The molecule has 19 heavy (non-hydrogen) atoms. The van der Waals surface area contributed by atoms with E-state index in [9.17, 15) is 9.90 Å². The van der Waals surface area contributed by atoms with Crippen molar-refractivity contribution in [3.8, 4) is 0 Å². The van der Waals surface area contributed by atoms with Crippen molar-refractivity contribution in [2.24, 2.45) is 17.8 Å². The van der Waals surface area contributed by atoms with E-state index < -0.39 is 12.0 Å². The van der Waals surface area contributed by atoms with Crippen molar-refractivity contribution in [1.29, 1.82) is 0 Å². The van der Waals surface area contributed by atoms with Crippen molar-refractivity contribution in [2.45, 2.75) is 31.7 Å². The molecule has 0 amide bonds. The van der Waals surface area contributed by atoms with E-state index in [1.807, 2.05) is 30.3 Å². The lowest BCUT2D eigenvalue weighted by Crippen LogP contribution is -2.34.